The third-order valence-electron chi connectivity index (χ3n) is 2.64. The molecule has 0 aliphatic carbocycles. The van der Waals surface area contributed by atoms with Crippen molar-refractivity contribution in [3.63, 3.8) is 0 Å². The summed E-state index contributed by atoms with van der Waals surface area (Å²) in [7, 11) is 0. The third-order valence-corrected chi connectivity index (χ3v) is 3.34. The van der Waals surface area contributed by atoms with Crippen LogP contribution in [0, 0.1) is 0 Å². The van der Waals surface area contributed by atoms with Crippen molar-refractivity contribution in [1.82, 2.24) is 5.01 Å². The van der Waals surface area contributed by atoms with Gasteiger partial charge in [-0.15, -0.1) is 0 Å². The minimum absolute atomic E-state index is 0.373. The summed E-state index contributed by atoms with van der Waals surface area (Å²) in [6.45, 7) is 0. The van der Waals surface area contributed by atoms with E-state index in [1.54, 1.807) is 24.3 Å². The van der Waals surface area contributed by atoms with Gasteiger partial charge in [0.1, 0.15) is 0 Å². The van der Waals surface area contributed by atoms with E-state index >= 15 is 0 Å². The highest BCUT2D eigenvalue weighted by Gasteiger charge is 2.35. The fourth-order valence-corrected chi connectivity index (χ4v) is 2.37. The Hall–Kier alpha value is -2.27. The van der Waals surface area contributed by atoms with Gasteiger partial charge in [0.2, 0.25) is 0 Å². The first kappa shape index (κ1) is 10.9. The van der Waals surface area contributed by atoms with E-state index in [0.29, 0.717) is 11.1 Å². The van der Waals surface area contributed by atoms with Crippen molar-refractivity contribution in [2.24, 2.45) is 5.10 Å². The summed E-state index contributed by atoms with van der Waals surface area (Å²) in [5.41, 5.74) is 1.69. The molecule has 0 spiro atoms. The molecule has 3 rings (SSSR count). The van der Waals surface area contributed by atoms with Crippen LogP contribution in [0.2, 0.25) is 0 Å². The quantitative estimate of drug-likeness (QED) is 0.612. The van der Waals surface area contributed by atoms with E-state index in [1.807, 2.05) is 16.8 Å². The lowest BCUT2D eigenvalue weighted by atomic mass is 10.1. The average molecular weight is 256 g/mol. The Morgan fingerprint density at radius 2 is 1.72 bits per heavy atom. The molecule has 0 unspecified atom stereocenters. The molecule has 0 saturated carbocycles. The first-order chi connectivity index (χ1) is 8.77. The number of amides is 2. The molecule has 5 heteroatoms. The summed E-state index contributed by atoms with van der Waals surface area (Å²) in [6, 6.07) is 8.60. The Kier molecular flexibility index (Phi) is 2.53. The number of carbonyl (C=O) groups is 2. The lowest BCUT2D eigenvalue weighted by molar-refractivity contribution is 0.0660. The van der Waals surface area contributed by atoms with Crippen LogP contribution in [0.25, 0.3) is 0 Å². The second-order valence-electron chi connectivity index (χ2n) is 3.77. The first-order valence-corrected chi connectivity index (χ1v) is 6.25. The molecule has 0 bridgehead atoms. The topological polar surface area (TPSA) is 49.7 Å². The summed E-state index contributed by atoms with van der Waals surface area (Å²) < 4.78 is 0. The highest BCUT2D eigenvalue weighted by molar-refractivity contribution is 7.08. The smallest absolute Gasteiger partial charge is 0.267 e. The first-order valence-electron chi connectivity index (χ1n) is 5.31. The summed E-state index contributed by atoms with van der Waals surface area (Å²) in [4.78, 5) is 23.9. The highest BCUT2D eigenvalue weighted by Crippen LogP contribution is 2.22. The number of hydrogen-bond donors (Lipinski definition) is 0. The number of rotatable bonds is 2. The van der Waals surface area contributed by atoms with Gasteiger partial charge in [0.15, 0.2) is 0 Å². The van der Waals surface area contributed by atoms with Gasteiger partial charge in [0.05, 0.1) is 17.3 Å². The number of imide groups is 1. The van der Waals surface area contributed by atoms with Gasteiger partial charge in [-0.05, 0) is 29.0 Å². The van der Waals surface area contributed by atoms with Gasteiger partial charge in [-0.1, -0.05) is 12.1 Å². The number of fused-ring (bicyclic) bond motifs is 1. The molecule has 0 saturated heterocycles. The van der Waals surface area contributed by atoms with Crippen molar-refractivity contribution < 1.29 is 9.59 Å². The van der Waals surface area contributed by atoms with Gasteiger partial charge >= 0.3 is 0 Å². The summed E-state index contributed by atoms with van der Waals surface area (Å²) in [5, 5.41) is 8.66. The molecule has 0 fully saturated rings. The largest absolute Gasteiger partial charge is 0.282 e. The summed E-state index contributed by atoms with van der Waals surface area (Å²) >= 11 is 1.53. The SMILES string of the molecule is O=C1c2ccccc2C(=O)N1/N=C/c1ccsc1. The van der Waals surface area contributed by atoms with Crippen molar-refractivity contribution >= 4 is 29.4 Å². The van der Waals surface area contributed by atoms with E-state index < -0.39 is 0 Å². The minimum atomic E-state index is -0.373. The molecule has 0 atom stereocenters. The highest BCUT2D eigenvalue weighted by atomic mass is 32.1. The van der Waals surface area contributed by atoms with Gasteiger partial charge in [0.25, 0.3) is 11.8 Å². The van der Waals surface area contributed by atoms with Gasteiger partial charge in [-0.3, -0.25) is 9.59 Å². The Balaban J connectivity index is 1.93. The van der Waals surface area contributed by atoms with Crippen molar-refractivity contribution in [3.05, 3.63) is 57.8 Å². The second-order valence-corrected chi connectivity index (χ2v) is 4.55. The van der Waals surface area contributed by atoms with Crippen molar-refractivity contribution in [2.75, 3.05) is 0 Å². The minimum Gasteiger partial charge on any atom is -0.267 e. The molecule has 4 nitrogen and oxygen atoms in total. The maximum atomic E-state index is 12.0. The number of thiophene rings is 1. The van der Waals surface area contributed by atoms with Crippen LogP contribution in [0.3, 0.4) is 0 Å². The molecule has 88 valence electrons. The van der Waals surface area contributed by atoms with Crippen LogP contribution in [0.5, 0.6) is 0 Å². The molecule has 1 aromatic carbocycles. The fourth-order valence-electron chi connectivity index (χ4n) is 1.75. The molecule has 1 aliphatic rings. The zero-order valence-corrected chi connectivity index (χ0v) is 10.1. The molecule has 1 aliphatic heterocycles. The summed E-state index contributed by atoms with van der Waals surface area (Å²) in [6.07, 6.45) is 1.51. The van der Waals surface area contributed by atoms with E-state index in [1.165, 1.54) is 17.6 Å². The standard InChI is InChI=1S/C13H8N2O2S/c16-12-10-3-1-2-4-11(10)13(17)15(12)14-7-9-5-6-18-8-9/h1-8H/b14-7+. The molecule has 1 aromatic heterocycles. The van der Waals surface area contributed by atoms with E-state index in [4.69, 9.17) is 0 Å². The molecule has 0 radical (unpaired) electrons. The monoisotopic (exact) mass is 256 g/mol. The van der Waals surface area contributed by atoms with Gasteiger partial charge in [-0.2, -0.15) is 21.4 Å². The maximum absolute atomic E-state index is 12.0. The van der Waals surface area contributed by atoms with Gasteiger partial charge in [-0.25, -0.2) is 0 Å². The van der Waals surface area contributed by atoms with Crippen molar-refractivity contribution in [1.29, 1.82) is 0 Å². The fraction of sp³-hybridized carbons (Fsp3) is 0. The Morgan fingerprint density at radius 1 is 1.06 bits per heavy atom. The van der Waals surface area contributed by atoms with Crippen LogP contribution in [-0.4, -0.2) is 23.0 Å². The molecule has 2 aromatic rings. The van der Waals surface area contributed by atoms with Gasteiger partial charge < -0.3 is 0 Å². The maximum Gasteiger partial charge on any atom is 0.282 e. The van der Waals surface area contributed by atoms with Crippen molar-refractivity contribution in [3.8, 4) is 0 Å². The zero-order chi connectivity index (χ0) is 12.5. The normalized spacial score (nSPS) is 14.6. The number of carbonyl (C=O) groups excluding carboxylic acids is 2. The van der Waals surface area contributed by atoms with Crippen molar-refractivity contribution in [2.45, 2.75) is 0 Å². The summed E-state index contributed by atoms with van der Waals surface area (Å²) in [5.74, 6) is -0.746. The van der Waals surface area contributed by atoms with Crippen LogP contribution < -0.4 is 0 Å². The second kappa shape index (κ2) is 4.19. The van der Waals surface area contributed by atoms with Crippen LogP contribution in [0.4, 0.5) is 0 Å². The Morgan fingerprint density at radius 3 is 2.28 bits per heavy atom. The molecular weight excluding hydrogens is 248 g/mol. The Bertz CT molecular complexity index is 612. The average Bonchev–Trinajstić information content (AvgIpc) is 2.98. The van der Waals surface area contributed by atoms with Crippen LogP contribution in [-0.2, 0) is 0 Å². The van der Waals surface area contributed by atoms with E-state index in [0.717, 1.165) is 10.6 Å². The van der Waals surface area contributed by atoms with Crippen LogP contribution in [0.1, 0.15) is 26.3 Å². The van der Waals surface area contributed by atoms with Crippen LogP contribution in [0.15, 0.2) is 46.2 Å². The molecular formula is C13H8N2O2S. The lowest BCUT2D eigenvalue weighted by Crippen LogP contribution is -2.23. The number of hydrogen-bond acceptors (Lipinski definition) is 4. The Labute approximate surface area is 107 Å². The van der Waals surface area contributed by atoms with Crippen LogP contribution >= 0.6 is 11.3 Å². The zero-order valence-electron chi connectivity index (χ0n) is 9.24. The predicted molar refractivity (Wildman–Crippen MR) is 68.9 cm³/mol. The molecule has 2 amide bonds. The lowest BCUT2D eigenvalue weighted by Gasteiger charge is -2.04. The number of benzene rings is 1. The number of hydrazone groups is 1. The van der Waals surface area contributed by atoms with E-state index in [9.17, 15) is 9.59 Å². The molecule has 2 heterocycles. The van der Waals surface area contributed by atoms with E-state index in [2.05, 4.69) is 5.10 Å². The van der Waals surface area contributed by atoms with E-state index in [-0.39, 0.29) is 11.8 Å². The predicted octanol–water partition coefficient (Wildman–Crippen LogP) is 2.38. The molecule has 18 heavy (non-hydrogen) atoms. The van der Waals surface area contributed by atoms with Gasteiger partial charge in [0, 0.05) is 5.56 Å². The third kappa shape index (κ3) is 1.65. The number of nitrogens with zero attached hydrogens (tertiary/aromatic N) is 2. The molecule has 0 N–H and O–H groups in total.